The SMILES string of the molecule is O=C(CSc1cc(F)ccc1F)Nc1cccc(Br)c1. The minimum atomic E-state index is -0.536. The van der Waals surface area contributed by atoms with E-state index in [4.69, 9.17) is 0 Å². The van der Waals surface area contributed by atoms with Gasteiger partial charge in [0.25, 0.3) is 0 Å². The van der Waals surface area contributed by atoms with Gasteiger partial charge in [-0.15, -0.1) is 11.8 Å². The van der Waals surface area contributed by atoms with Crippen molar-refractivity contribution >= 4 is 39.3 Å². The summed E-state index contributed by atoms with van der Waals surface area (Å²) in [5, 5.41) is 2.68. The van der Waals surface area contributed by atoms with Gasteiger partial charge < -0.3 is 5.32 Å². The quantitative estimate of drug-likeness (QED) is 0.818. The molecule has 0 saturated carbocycles. The van der Waals surface area contributed by atoms with Crippen LogP contribution in [0, 0.1) is 11.6 Å². The van der Waals surface area contributed by atoms with Gasteiger partial charge in [-0.05, 0) is 36.4 Å². The number of amides is 1. The lowest BCUT2D eigenvalue weighted by atomic mass is 10.3. The van der Waals surface area contributed by atoms with Crippen LogP contribution in [0.25, 0.3) is 0 Å². The second-order valence-corrected chi connectivity index (χ2v) is 5.85. The summed E-state index contributed by atoms with van der Waals surface area (Å²) in [6.07, 6.45) is 0. The maximum absolute atomic E-state index is 13.4. The van der Waals surface area contributed by atoms with E-state index in [-0.39, 0.29) is 16.6 Å². The number of halogens is 3. The molecule has 0 aliphatic rings. The van der Waals surface area contributed by atoms with Gasteiger partial charge in [-0.1, -0.05) is 22.0 Å². The number of carbonyl (C=O) groups excluding carboxylic acids is 1. The summed E-state index contributed by atoms with van der Waals surface area (Å²) in [6.45, 7) is 0. The summed E-state index contributed by atoms with van der Waals surface area (Å²) in [7, 11) is 0. The highest BCUT2D eigenvalue weighted by molar-refractivity contribution is 9.10. The number of nitrogens with one attached hydrogen (secondary N) is 1. The predicted molar refractivity (Wildman–Crippen MR) is 79.9 cm³/mol. The molecule has 0 bridgehead atoms. The van der Waals surface area contributed by atoms with Gasteiger partial charge in [0.05, 0.1) is 5.75 Å². The Labute approximate surface area is 127 Å². The largest absolute Gasteiger partial charge is 0.325 e. The topological polar surface area (TPSA) is 29.1 Å². The van der Waals surface area contributed by atoms with Crippen molar-refractivity contribution < 1.29 is 13.6 Å². The molecule has 0 unspecified atom stereocenters. The smallest absolute Gasteiger partial charge is 0.234 e. The first-order valence-electron chi connectivity index (χ1n) is 5.68. The number of rotatable bonds is 4. The average Bonchev–Trinajstić information content (AvgIpc) is 2.40. The fourth-order valence-corrected chi connectivity index (χ4v) is 2.65. The van der Waals surface area contributed by atoms with Crippen LogP contribution in [0.3, 0.4) is 0 Å². The normalized spacial score (nSPS) is 10.3. The number of hydrogen-bond acceptors (Lipinski definition) is 2. The average molecular weight is 358 g/mol. The highest BCUT2D eigenvalue weighted by Gasteiger charge is 2.08. The predicted octanol–water partition coefficient (Wildman–Crippen LogP) is 4.46. The van der Waals surface area contributed by atoms with Crippen molar-refractivity contribution in [1.82, 2.24) is 0 Å². The second-order valence-electron chi connectivity index (χ2n) is 3.92. The second kappa shape index (κ2) is 6.85. The highest BCUT2D eigenvalue weighted by atomic mass is 79.9. The monoisotopic (exact) mass is 357 g/mol. The van der Waals surface area contributed by atoms with E-state index in [0.717, 1.165) is 34.4 Å². The van der Waals surface area contributed by atoms with E-state index in [1.807, 2.05) is 6.07 Å². The minimum Gasteiger partial charge on any atom is -0.325 e. The Bertz CT molecular complexity index is 636. The van der Waals surface area contributed by atoms with Gasteiger partial charge in [0.2, 0.25) is 5.91 Å². The molecule has 0 heterocycles. The van der Waals surface area contributed by atoms with E-state index in [1.54, 1.807) is 18.2 Å². The van der Waals surface area contributed by atoms with Crippen molar-refractivity contribution in [2.24, 2.45) is 0 Å². The number of hydrogen-bond donors (Lipinski definition) is 1. The molecule has 1 N–H and O–H groups in total. The third-order valence-electron chi connectivity index (χ3n) is 2.36. The lowest BCUT2D eigenvalue weighted by Crippen LogP contribution is -2.14. The standard InChI is InChI=1S/C14H10BrF2NOS/c15-9-2-1-3-11(6-9)18-14(19)8-20-13-7-10(16)4-5-12(13)17/h1-7H,8H2,(H,18,19). The van der Waals surface area contributed by atoms with Crippen LogP contribution >= 0.6 is 27.7 Å². The van der Waals surface area contributed by atoms with E-state index < -0.39 is 11.6 Å². The Hall–Kier alpha value is -1.40. The Morgan fingerprint density at radius 1 is 1.20 bits per heavy atom. The van der Waals surface area contributed by atoms with Crippen molar-refractivity contribution in [2.75, 3.05) is 11.1 Å². The summed E-state index contributed by atoms with van der Waals surface area (Å²) in [5.74, 6) is -1.34. The molecular weight excluding hydrogens is 348 g/mol. The molecule has 2 rings (SSSR count). The zero-order chi connectivity index (χ0) is 14.5. The molecule has 0 radical (unpaired) electrons. The molecule has 6 heteroatoms. The van der Waals surface area contributed by atoms with Gasteiger partial charge in [0.15, 0.2) is 0 Å². The molecule has 2 nitrogen and oxygen atoms in total. The number of thioether (sulfide) groups is 1. The van der Waals surface area contributed by atoms with Crippen LogP contribution in [0.15, 0.2) is 51.8 Å². The first-order chi connectivity index (χ1) is 9.54. The third-order valence-corrected chi connectivity index (χ3v) is 3.88. The van der Waals surface area contributed by atoms with Crippen molar-refractivity contribution in [3.8, 4) is 0 Å². The molecular formula is C14H10BrF2NOS. The molecule has 0 fully saturated rings. The molecule has 0 aliphatic heterocycles. The maximum Gasteiger partial charge on any atom is 0.234 e. The van der Waals surface area contributed by atoms with E-state index in [9.17, 15) is 13.6 Å². The van der Waals surface area contributed by atoms with Gasteiger partial charge in [0.1, 0.15) is 11.6 Å². The van der Waals surface area contributed by atoms with Crippen molar-refractivity contribution in [3.05, 3.63) is 58.6 Å². The van der Waals surface area contributed by atoms with Crippen molar-refractivity contribution in [1.29, 1.82) is 0 Å². The van der Waals surface area contributed by atoms with Crippen LogP contribution in [-0.2, 0) is 4.79 Å². The van der Waals surface area contributed by atoms with Crippen LogP contribution < -0.4 is 5.32 Å². The molecule has 1 amide bonds. The summed E-state index contributed by atoms with van der Waals surface area (Å²) in [6, 6.07) is 10.3. The van der Waals surface area contributed by atoms with Crippen LogP contribution in [0.2, 0.25) is 0 Å². The van der Waals surface area contributed by atoms with E-state index >= 15 is 0 Å². The molecule has 20 heavy (non-hydrogen) atoms. The molecule has 104 valence electrons. The molecule has 2 aromatic carbocycles. The van der Waals surface area contributed by atoms with Crippen LogP contribution in [0.1, 0.15) is 0 Å². The van der Waals surface area contributed by atoms with E-state index in [1.165, 1.54) is 0 Å². The lowest BCUT2D eigenvalue weighted by molar-refractivity contribution is -0.113. The minimum absolute atomic E-state index is 0.00683. The van der Waals surface area contributed by atoms with E-state index in [2.05, 4.69) is 21.2 Å². The summed E-state index contributed by atoms with van der Waals surface area (Å²) >= 11 is 4.25. The van der Waals surface area contributed by atoms with Crippen LogP contribution in [-0.4, -0.2) is 11.7 Å². The Kier molecular flexibility index (Phi) is 5.14. The Morgan fingerprint density at radius 3 is 2.75 bits per heavy atom. The Morgan fingerprint density at radius 2 is 2.00 bits per heavy atom. The van der Waals surface area contributed by atoms with Gasteiger partial charge in [-0.2, -0.15) is 0 Å². The lowest BCUT2D eigenvalue weighted by Gasteiger charge is -2.06. The van der Waals surface area contributed by atoms with E-state index in [0.29, 0.717) is 5.69 Å². The van der Waals surface area contributed by atoms with Gasteiger partial charge in [-0.25, -0.2) is 8.78 Å². The van der Waals surface area contributed by atoms with Crippen molar-refractivity contribution in [3.63, 3.8) is 0 Å². The van der Waals surface area contributed by atoms with Crippen LogP contribution in [0.5, 0.6) is 0 Å². The summed E-state index contributed by atoms with van der Waals surface area (Å²) in [5.41, 5.74) is 0.643. The van der Waals surface area contributed by atoms with Crippen molar-refractivity contribution in [2.45, 2.75) is 4.90 Å². The molecule has 0 saturated heterocycles. The Balaban J connectivity index is 1.94. The van der Waals surface area contributed by atoms with Gasteiger partial charge >= 0.3 is 0 Å². The maximum atomic E-state index is 13.4. The highest BCUT2D eigenvalue weighted by Crippen LogP contribution is 2.23. The zero-order valence-electron chi connectivity index (χ0n) is 10.2. The van der Waals surface area contributed by atoms with Gasteiger partial charge in [-0.3, -0.25) is 4.79 Å². The fourth-order valence-electron chi connectivity index (χ4n) is 1.49. The first-order valence-corrected chi connectivity index (χ1v) is 7.46. The molecule has 0 aromatic heterocycles. The number of carbonyl (C=O) groups is 1. The first kappa shape index (κ1) is 15.0. The molecule has 0 aliphatic carbocycles. The fraction of sp³-hybridized carbons (Fsp3) is 0.0714. The number of anilines is 1. The third kappa shape index (κ3) is 4.31. The molecule has 0 atom stereocenters. The summed E-state index contributed by atoms with van der Waals surface area (Å²) < 4.78 is 27.2. The summed E-state index contributed by atoms with van der Waals surface area (Å²) in [4.78, 5) is 11.8. The number of benzene rings is 2. The molecule has 2 aromatic rings. The van der Waals surface area contributed by atoms with Gasteiger partial charge in [0, 0.05) is 15.1 Å². The van der Waals surface area contributed by atoms with Crippen LogP contribution in [0.4, 0.5) is 14.5 Å². The zero-order valence-corrected chi connectivity index (χ0v) is 12.6. The molecule has 0 spiro atoms.